The van der Waals surface area contributed by atoms with Crippen LogP contribution in [0, 0.1) is 6.92 Å². The van der Waals surface area contributed by atoms with E-state index in [4.69, 9.17) is 4.74 Å². The normalized spacial score (nSPS) is 13.6. The standard InChI is InChI=1S/C25H27N3O4S/c1-18-5-7-19(8-6-18)25(29)26-21-11-14-23(28-15-3-4-16-28)24(17-21)33(30,31)27-20-9-12-22(32-2)13-10-20/h5-14,17,27H,3-4,15-16H2,1-2H3,(H,26,29). The minimum Gasteiger partial charge on any atom is -0.497 e. The molecule has 0 atom stereocenters. The number of hydrogen-bond donors (Lipinski definition) is 2. The van der Waals surface area contributed by atoms with Crippen LogP contribution in [-0.2, 0) is 10.0 Å². The van der Waals surface area contributed by atoms with E-state index in [0.29, 0.717) is 28.4 Å². The van der Waals surface area contributed by atoms with Crippen molar-refractivity contribution in [1.82, 2.24) is 0 Å². The summed E-state index contributed by atoms with van der Waals surface area (Å²) in [4.78, 5) is 14.9. The van der Waals surface area contributed by atoms with Gasteiger partial charge in [-0.15, -0.1) is 0 Å². The van der Waals surface area contributed by atoms with Gasteiger partial charge in [-0.2, -0.15) is 0 Å². The Kier molecular flexibility index (Phi) is 6.55. The fourth-order valence-corrected chi connectivity index (χ4v) is 5.11. The highest BCUT2D eigenvalue weighted by Crippen LogP contribution is 2.32. The topological polar surface area (TPSA) is 87.7 Å². The molecule has 1 fully saturated rings. The Hall–Kier alpha value is -3.52. The van der Waals surface area contributed by atoms with E-state index >= 15 is 0 Å². The summed E-state index contributed by atoms with van der Waals surface area (Å²) in [6.07, 6.45) is 2.02. The number of hydrogen-bond acceptors (Lipinski definition) is 5. The van der Waals surface area contributed by atoms with E-state index in [1.54, 1.807) is 55.6 Å². The first-order valence-corrected chi connectivity index (χ1v) is 12.3. The van der Waals surface area contributed by atoms with Crippen molar-refractivity contribution >= 4 is 33.0 Å². The van der Waals surface area contributed by atoms with E-state index in [1.807, 2.05) is 19.1 Å². The third-order valence-corrected chi connectivity index (χ3v) is 7.02. The lowest BCUT2D eigenvalue weighted by Crippen LogP contribution is -2.23. The van der Waals surface area contributed by atoms with Crippen molar-refractivity contribution in [2.45, 2.75) is 24.7 Å². The van der Waals surface area contributed by atoms with Gasteiger partial charge in [-0.1, -0.05) is 17.7 Å². The molecule has 33 heavy (non-hydrogen) atoms. The van der Waals surface area contributed by atoms with Gasteiger partial charge < -0.3 is 15.0 Å². The third kappa shape index (κ3) is 5.28. The largest absolute Gasteiger partial charge is 0.497 e. The summed E-state index contributed by atoms with van der Waals surface area (Å²) in [7, 11) is -2.36. The second-order valence-corrected chi connectivity index (χ2v) is 9.68. The minimum atomic E-state index is -3.91. The maximum absolute atomic E-state index is 13.4. The minimum absolute atomic E-state index is 0.127. The molecular weight excluding hydrogens is 438 g/mol. The van der Waals surface area contributed by atoms with Crippen molar-refractivity contribution in [3.8, 4) is 5.75 Å². The van der Waals surface area contributed by atoms with Crippen molar-refractivity contribution in [3.63, 3.8) is 0 Å². The zero-order valence-electron chi connectivity index (χ0n) is 18.7. The lowest BCUT2D eigenvalue weighted by atomic mass is 10.1. The Balaban J connectivity index is 1.65. The molecule has 3 aromatic carbocycles. The predicted octanol–water partition coefficient (Wildman–Crippen LogP) is 4.66. The number of aryl methyl sites for hydroxylation is 1. The fraction of sp³-hybridized carbons (Fsp3) is 0.240. The van der Waals surface area contributed by atoms with Gasteiger partial charge in [0.2, 0.25) is 0 Å². The Labute approximate surface area is 194 Å². The van der Waals surface area contributed by atoms with Gasteiger partial charge in [-0.3, -0.25) is 9.52 Å². The van der Waals surface area contributed by atoms with Crippen LogP contribution in [0.5, 0.6) is 5.75 Å². The van der Waals surface area contributed by atoms with Crippen molar-refractivity contribution in [1.29, 1.82) is 0 Å². The van der Waals surface area contributed by atoms with E-state index in [1.165, 1.54) is 6.07 Å². The first-order valence-electron chi connectivity index (χ1n) is 10.8. The predicted molar refractivity (Wildman–Crippen MR) is 131 cm³/mol. The van der Waals surface area contributed by atoms with E-state index in [0.717, 1.165) is 31.5 Å². The molecule has 0 aliphatic carbocycles. The second-order valence-electron chi connectivity index (χ2n) is 8.03. The molecule has 1 amide bonds. The van der Waals surface area contributed by atoms with Gasteiger partial charge in [0.25, 0.3) is 15.9 Å². The number of sulfonamides is 1. The number of methoxy groups -OCH3 is 1. The molecule has 2 N–H and O–H groups in total. The molecule has 0 spiro atoms. The van der Waals surface area contributed by atoms with E-state index in [-0.39, 0.29) is 10.8 Å². The van der Waals surface area contributed by atoms with Gasteiger partial charge in [-0.25, -0.2) is 8.42 Å². The molecule has 1 aliphatic rings. The highest BCUT2D eigenvalue weighted by molar-refractivity contribution is 7.92. The summed E-state index contributed by atoms with van der Waals surface area (Å²) in [6.45, 7) is 3.53. The lowest BCUT2D eigenvalue weighted by molar-refractivity contribution is 0.102. The number of nitrogens with zero attached hydrogens (tertiary/aromatic N) is 1. The molecule has 0 aromatic heterocycles. The summed E-state index contributed by atoms with van der Waals surface area (Å²) in [5.74, 6) is 0.340. The number of anilines is 3. The maximum atomic E-state index is 13.4. The number of nitrogens with one attached hydrogen (secondary N) is 2. The molecule has 1 saturated heterocycles. The maximum Gasteiger partial charge on any atom is 0.264 e. The van der Waals surface area contributed by atoms with Crippen LogP contribution >= 0.6 is 0 Å². The molecule has 3 aromatic rings. The van der Waals surface area contributed by atoms with Crippen LogP contribution in [0.4, 0.5) is 17.1 Å². The van der Waals surface area contributed by atoms with Gasteiger partial charge in [0.05, 0.1) is 12.8 Å². The number of carbonyl (C=O) groups excluding carboxylic acids is 1. The van der Waals surface area contributed by atoms with Crippen molar-refractivity contribution in [3.05, 3.63) is 77.9 Å². The smallest absolute Gasteiger partial charge is 0.264 e. The average molecular weight is 466 g/mol. The number of benzene rings is 3. The van der Waals surface area contributed by atoms with Crippen LogP contribution in [0.2, 0.25) is 0 Å². The van der Waals surface area contributed by atoms with Crippen molar-refractivity contribution < 1.29 is 17.9 Å². The molecule has 0 saturated carbocycles. The summed E-state index contributed by atoms with van der Waals surface area (Å²) >= 11 is 0. The molecule has 0 unspecified atom stereocenters. The first-order chi connectivity index (χ1) is 15.9. The highest BCUT2D eigenvalue weighted by atomic mass is 32.2. The Bertz CT molecular complexity index is 1230. The average Bonchev–Trinajstić information content (AvgIpc) is 3.34. The number of rotatable bonds is 7. The SMILES string of the molecule is COc1ccc(NS(=O)(=O)c2cc(NC(=O)c3ccc(C)cc3)ccc2N2CCCC2)cc1. The zero-order chi connectivity index (χ0) is 23.4. The fourth-order valence-electron chi connectivity index (χ4n) is 3.80. The van der Waals surface area contributed by atoms with Crippen LogP contribution in [0.15, 0.2) is 71.6 Å². The molecule has 0 radical (unpaired) electrons. The molecular formula is C25H27N3O4S. The van der Waals surface area contributed by atoms with Crippen molar-refractivity contribution in [2.24, 2.45) is 0 Å². The Morgan fingerprint density at radius 1 is 0.909 bits per heavy atom. The van der Waals surface area contributed by atoms with Gasteiger partial charge in [0.15, 0.2) is 0 Å². The van der Waals surface area contributed by atoms with Crippen LogP contribution in [-0.4, -0.2) is 34.5 Å². The van der Waals surface area contributed by atoms with E-state index in [9.17, 15) is 13.2 Å². The van der Waals surface area contributed by atoms with Gasteiger partial charge >= 0.3 is 0 Å². The molecule has 0 bridgehead atoms. The van der Waals surface area contributed by atoms with Crippen LogP contribution in [0.3, 0.4) is 0 Å². The van der Waals surface area contributed by atoms with Gasteiger partial charge in [0.1, 0.15) is 10.6 Å². The van der Waals surface area contributed by atoms with Gasteiger partial charge in [0, 0.05) is 30.0 Å². The molecule has 172 valence electrons. The summed E-state index contributed by atoms with van der Waals surface area (Å²) < 4.78 is 34.6. The van der Waals surface area contributed by atoms with E-state index < -0.39 is 10.0 Å². The highest BCUT2D eigenvalue weighted by Gasteiger charge is 2.25. The number of carbonyl (C=O) groups is 1. The first kappa shape index (κ1) is 22.7. The molecule has 1 heterocycles. The summed E-state index contributed by atoms with van der Waals surface area (Å²) in [5, 5.41) is 2.82. The van der Waals surface area contributed by atoms with Crippen molar-refractivity contribution in [2.75, 3.05) is 35.1 Å². The second kappa shape index (κ2) is 9.54. The monoisotopic (exact) mass is 465 g/mol. The Morgan fingerprint density at radius 2 is 1.55 bits per heavy atom. The lowest BCUT2D eigenvalue weighted by Gasteiger charge is -2.22. The van der Waals surface area contributed by atoms with Gasteiger partial charge in [-0.05, 0) is 74.4 Å². The number of amides is 1. The quantitative estimate of drug-likeness (QED) is 0.530. The van der Waals surface area contributed by atoms with Crippen LogP contribution in [0.25, 0.3) is 0 Å². The summed E-state index contributed by atoms with van der Waals surface area (Å²) in [5.41, 5.74) is 3.03. The molecule has 1 aliphatic heterocycles. The molecule has 4 rings (SSSR count). The van der Waals surface area contributed by atoms with E-state index in [2.05, 4.69) is 14.9 Å². The van der Waals surface area contributed by atoms with Crippen LogP contribution in [0.1, 0.15) is 28.8 Å². The molecule has 8 heteroatoms. The zero-order valence-corrected chi connectivity index (χ0v) is 19.5. The Morgan fingerprint density at radius 3 is 2.18 bits per heavy atom. The number of ether oxygens (including phenoxy) is 1. The summed E-state index contributed by atoms with van der Waals surface area (Å²) in [6, 6.07) is 18.9. The molecule has 7 nitrogen and oxygen atoms in total. The third-order valence-electron chi connectivity index (χ3n) is 5.61. The van der Waals surface area contributed by atoms with Crippen LogP contribution < -0.4 is 19.7 Å².